The summed E-state index contributed by atoms with van der Waals surface area (Å²) in [6, 6.07) is 0.287. The number of esters is 2. The molecule has 2 fully saturated rings. The molecule has 0 bridgehead atoms. The fraction of sp³-hybridized carbons (Fsp3) is 0.700. The standard InChI is InChI=1S/C20H30N2O6/c23-17(21-15-7-3-1-4-8-15)13-27-19(25)11-12-20(26)28-14-18(24)22-16-9-5-2-6-10-16/h11-12,15-16H,1-10,13-14H2,(H,21,23)(H,22,24). The third-order valence-electron chi connectivity index (χ3n) is 4.99. The van der Waals surface area contributed by atoms with Gasteiger partial charge >= 0.3 is 11.9 Å². The molecule has 0 aromatic heterocycles. The summed E-state index contributed by atoms with van der Waals surface area (Å²) >= 11 is 0. The number of carbonyl (C=O) groups is 4. The summed E-state index contributed by atoms with van der Waals surface area (Å²) in [7, 11) is 0. The summed E-state index contributed by atoms with van der Waals surface area (Å²) in [5.74, 6) is -2.34. The molecule has 8 heteroatoms. The van der Waals surface area contributed by atoms with Gasteiger partial charge in [0.25, 0.3) is 11.8 Å². The molecule has 8 nitrogen and oxygen atoms in total. The maximum atomic E-state index is 11.7. The van der Waals surface area contributed by atoms with Crippen molar-refractivity contribution < 1.29 is 28.7 Å². The SMILES string of the molecule is O=C(COC(=O)C=CC(=O)OCC(=O)NC1CCCCC1)NC1CCCCC1. The highest BCUT2D eigenvalue weighted by atomic mass is 16.5. The minimum atomic E-state index is -0.817. The minimum Gasteiger partial charge on any atom is -0.452 e. The number of rotatable bonds is 8. The molecule has 0 aromatic rings. The highest BCUT2D eigenvalue weighted by Gasteiger charge is 2.17. The molecule has 0 spiro atoms. The van der Waals surface area contributed by atoms with Gasteiger partial charge in [-0.15, -0.1) is 0 Å². The fourth-order valence-corrected chi connectivity index (χ4v) is 3.54. The Morgan fingerprint density at radius 3 is 1.36 bits per heavy atom. The second-order valence-corrected chi connectivity index (χ2v) is 7.35. The lowest BCUT2D eigenvalue weighted by Crippen LogP contribution is -2.38. The topological polar surface area (TPSA) is 111 Å². The number of nitrogens with one attached hydrogen (secondary N) is 2. The monoisotopic (exact) mass is 394 g/mol. The van der Waals surface area contributed by atoms with Crippen molar-refractivity contribution in [1.82, 2.24) is 10.6 Å². The average Bonchev–Trinajstić information content (AvgIpc) is 2.70. The van der Waals surface area contributed by atoms with Gasteiger partial charge in [0.15, 0.2) is 13.2 Å². The van der Waals surface area contributed by atoms with Crippen LogP contribution in [0.4, 0.5) is 0 Å². The zero-order valence-electron chi connectivity index (χ0n) is 16.2. The van der Waals surface area contributed by atoms with Gasteiger partial charge in [0.05, 0.1) is 0 Å². The summed E-state index contributed by atoms with van der Waals surface area (Å²) in [6.45, 7) is -0.781. The van der Waals surface area contributed by atoms with Crippen LogP contribution < -0.4 is 10.6 Å². The largest absolute Gasteiger partial charge is 0.452 e. The Morgan fingerprint density at radius 2 is 1.00 bits per heavy atom. The van der Waals surface area contributed by atoms with E-state index < -0.39 is 25.2 Å². The van der Waals surface area contributed by atoms with E-state index in [0.717, 1.165) is 63.5 Å². The van der Waals surface area contributed by atoms with Crippen LogP contribution in [0.5, 0.6) is 0 Å². The quantitative estimate of drug-likeness (QED) is 0.477. The molecule has 2 saturated carbocycles. The molecule has 2 amide bonds. The van der Waals surface area contributed by atoms with E-state index in [-0.39, 0.29) is 23.9 Å². The lowest BCUT2D eigenvalue weighted by molar-refractivity contribution is -0.145. The first-order chi connectivity index (χ1) is 13.5. The lowest BCUT2D eigenvalue weighted by atomic mass is 9.95. The molecule has 2 rings (SSSR count). The van der Waals surface area contributed by atoms with Crippen molar-refractivity contribution >= 4 is 23.8 Å². The molecule has 0 saturated heterocycles. The van der Waals surface area contributed by atoms with Crippen LogP contribution in [0, 0.1) is 0 Å². The fourth-order valence-electron chi connectivity index (χ4n) is 3.54. The van der Waals surface area contributed by atoms with Gasteiger partial charge in [-0.2, -0.15) is 0 Å². The van der Waals surface area contributed by atoms with Gasteiger partial charge in [-0.05, 0) is 25.7 Å². The summed E-state index contributed by atoms with van der Waals surface area (Å²) in [5.41, 5.74) is 0. The second kappa shape index (κ2) is 12.2. The van der Waals surface area contributed by atoms with Crippen LogP contribution in [-0.2, 0) is 28.7 Å². The van der Waals surface area contributed by atoms with Crippen LogP contribution in [0.1, 0.15) is 64.2 Å². The van der Waals surface area contributed by atoms with Crippen molar-refractivity contribution in [3.8, 4) is 0 Å². The van der Waals surface area contributed by atoms with E-state index in [2.05, 4.69) is 10.6 Å². The van der Waals surface area contributed by atoms with E-state index in [1.807, 2.05) is 0 Å². The number of carbonyl (C=O) groups excluding carboxylic acids is 4. The maximum absolute atomic E-state index is 11.7. The zero-order chi connectivity index (χ0) is 20.2. The molecular formula is C20H30N2O6. The van der Waals surface area contributed by atoms with Gasteiger partial charge in [0.2, 0.25) is 0 Å². The van der Waals surface area contributed by atoms with E-state index in [0.29, 0.717) is 0 Å². The van der Waals surface area contributed by atoms with E-state index in [9.17, 15) is 19.2 Å². The summed E-state index contributed by atoms with van der Waals surface area (Å²) in [6.07, 6.45) is 12.3. The molecule has 0 unspecified atom stereocenters. The number of amides is 2. The summed E-state index contributed by atoms with van der Waals surface area (Å²) in [5, 5.41) is 5.66. The lowest BCUT2D eigenvalue weighted by Gasteiger charge is -2.22. The van der Waals surface area contributed by atoms with Gasteiger partial charge in [0, 0.05) is 24.2 Å². The van der Waals surface area contributed by atoms with Crippen molar-refractivity contribution in [2.45, 2.75) is 76.3 Å². The van der Waals surface area contributed by atoms with Gasteiger partial charge in [0.1, 0.15) is 0 Å². The van der Waals surface area contributed by atoms with Gasteiger partial charge in [-0.1, -0.05) is 38.5 Å². The Morgan fingerprint density at radius 1 is 0.643 bits per heavy atom. The van der Waals surface area contributed by atoms with Crippen LogP contribution in [-0.4, -0.2) is 49.1 Å². The molecule has 0 heterocycles. The normalized spacial score (nSPS) is 18.4. The first kappa shape index (κ1) is 21.9. The first-order valence-electron chi connectivity index (χ1n) is 10.1. The molecule has 0 radical (unpaired) electrons. The Kier molecular flexibility index (Phi) is 9.51. The number of hydrogen-bond acceptors (Lipinski definition) is 6. The predicted octanol–water partition coefficient (Wildman–Crippen LogP) is 1.53. The molecule has 0 aliphatic heterocycles. The van der Waals surface area contributed by atoms with E-state index >= 15 is 0 Å². The Balaban J connectivity index is 1.56. The molecule has 156 valence electrons. The van der Waals surface area contributed by atoms with Gasteiger partial charge in [-0.25, -0.2) is 9.59 Å². The molecule has 2 aliphatic rings. The second-order valence-electron chi connectivity index (χ2n) is 7.35. The highest BCUT2D eigenvalue weighted by Crippen LogP contribution is 2.17. The Bertz CT molecular complexity index is 527. The molecule has 2 N–H and O–H groups in total. The van der Waals surface area contributed by atoms with Gasteiger partial charge in [-0.3, -0.25) is 9.59 Å². The smallest absolute Gasteiger partial charge is 0.331 e. The van der Waals surface area contributed by atoms with Crippen LogP contribution in [0.25, 0.3) is 0 Å². The van der Waals surface area contributed by atoms with Crippen molar-refractivity contribution in [1.29, 1.82) is 0 Å². The zero-order valence-corrected chi connectivity index (χ0v) is 16.2. The van der Waals surface area contributed by atoms with E-state index in [4.69, 9.17) is 9.47 Å². The third-order valence-corrected chi connectivity index (χ3v) is 4.99. The predicted molar refractivity (Wildman–Crippen MR) is 101 cm³/mol. The molecule has 28 heavy (non-hydrogen) atoms. The van der Waals surface area contributed by atoms with Gasteiger partial charge < -0.3 is 20.1 Å². The highest BCUT2D eigenvalue weighted by molar-refractivity contribution is 5.93. The van der Waals surface area contributed by atoms with E-state index in [1.165, 1.54) is 12.8 Å². The third kappa shape index (κ3) is 9.01. The molecule has 2 aliphatic carbocycles. The van der Waals surface area contributed by atoms with Crippen LogP contribution in [0.3, 0.4) is 0 Å². The molecule has 0 atom stereocenters. The van der Waals surface area contributed by atoms with Crippen molar-refractivity contribution in [3.05, 3.63) is 12.2 Å². The van der Waals surface area contributed by atoms with Crippen molar-refractivity contribution in [3.63, 3.8) is 0 Å². The maximum Gasteiger partial charge on any atom is 0.331 e. The summed E-state index contributed by atoms with van der Waals surface area (Å²) in [4.78, 5) is 46.6. The van der Waals surface area contributed by atoms with Crippen LogP contribution >= 0.6 is 0 Å². The number of hydrogen-bond donors (Lipinski definition) is 2. The first-order valence-corrected chi connectivity index (χ1v) is 10.1. The van der Waals surface area contributed by atoms with Crippen molar-refractivity contribution in [2.24, 2.45) is 0 Å². The Hall–Kier alpha value is -2.38. The average molecular weight is 394 g/mol. The molecule has 0 aromatic carbocycles. The number of ether oxygens (including phenoxy) is 2. The molecular weight excluding hydrogens is 364 g/mol. The van der Waals surface area contributed by atoms with Crippen LogP contribution in [0.2, 0.25) is 0 Å². The van der Waals surface area contributed by atoms with Crippen molar-refractivity contribution in [2.75, 3.05) is 13.2 Å². The van der Waals surface area contributed by atoms with E-state index in [1.54, 1.807) is 0 Å². The Labute approximate surface area is 165 Å². The van der Waals surface area contributed by atoms with Crippen LogP contribution in [0.15, 0.2) is 12.2 Å². The minimum absolute atomic E-state index is 0.144. The summed E-state index contributed by atoms with van der Waals surface area (Å²) < 4.78 is 9.59.